The van der Waals surface area contributed by atoms with Gasteiger partial charge in [-0.25, -0.2) is 0 Å². The van der Waals surface area contributed by atoms with Gasteiger partial charge in [0.05, 0.1) is 0 Å². The minimum Gasteiger partial charge on any atom is -0.485 e. The number of nitrogens with one attached hydrogen (secondary N) is 1. The molecule has 0 aliphatic carbocycles. The Bertz CT molecular complexity index is 868. The van der Waals surface area contributed by atoms with E-state index in [2.05, 4.69) is 5.32 Å². The summed E-state index contributed by atoms with van der Waals surface area (Å²) in [6, 6.07) is 13.8. The third kappa shape index (κ3) is 4.26. The van der Waals surface area contributed by atoms with Gasteiger partial charge in [0.15, 0.2) is 12.4 Å². The topological polar surface area (TPSA) is 72.5 Å². The van der Waals surface area contributed by atoms with E-state index in [9.17, 15) is 14.4 Å². The fraction of sp³-hybridized carbons (Fsp3) is 0.211. The van der Waals surface area contributed by atoms with E-state index in [-0.39, 0.29) is 23.5 Å². The molecule has 2 aromatic carbocycles. The quantitative estimate of drug-likeness (QED) is 0.759. The largest absolute Gasteiger partial charge is 0.485 e. The lowest BCUT2D eigenvalue weighted by molar-refractivity contribution is -0.121. The highest BCUT2D eigenvalue weighted by atomic mass is 35.5. The number of Topliss-reactive ketones (excluding diaryl/α,β-unsaturated/α-hetero) is 1. The third-order valence-corrected chi connectivity index (χ3v) is 5.30. The average molecular weight is 390 g/mol. The number of ether oxygens (including phenoxy) is 1. The first-order valence-corrected chi connectivity index (χ1v) is 9.10. The van der Waals surface area contributed by atoms with Crippen LogP contribution < -0.4 is 10.1 Å². The minimum absolute atomic E-state index is 0.0931. The molecule has 0 bridgehead atoms. The summed E-state index contributed by atoms with van der Waals surface area (Å²) in [4.78, 5) is 35.4. The second-order valence-electron chi connectivity index (χ2n) is 6.12. The van der Waals surface area contributed by atoms with Crippen molar-refractivity contribution in [3.05, 3.63) is 64.7 Å². The van der Waals surface area contributed by atoms with Crippen molar-refractivity contribution < 1.29 is 19.1 Å². The fourth-order valence-corrected chi connectivity index (χ4v) is 3.73. The molecule has 0 spiro atoms. The molecule has 7 heteroatoms. The van der Waals surface area contributed by atoms with Crippen LogP contribution in [0.1, 0.15) is 22.8 Å². The number of halogens is 1. The number of carbonyl (C=O) groups is 3. The summed E-state index contributed by atoms with van der Waals surface area (Å²) in [5.74, 6) is 0.107. The highest BCUT2D eigenvalue weighted by molar-refractivity contribution is 8.16. The number of benzene rings is 2. The zero-order chi connectivity index (χ0) is 18.7. The summed E-state index contributed by atoms with van der Waals surface area (Å²) in [7, 11) is 0. The molecule has 3 rings (SSSR count). The lowest BCUT2D eigenvalue weighted by Crippen LogP contribution is -2.35. The molecule has 1 fully saturated rings. The molecule has 134 valence electrons. The number of thioether (sulfide) groups is 1. The Hall–Kier alpha value is -2.31. The van der Waals surface area contributed by atoms with Crippen LogP contribution in [0.3, 0.4) is 0 Å². The molecule has 5 nitrogen and oxygen atoms in total. The van der Waals surface area contributed by atoms with E-state index >= 15 is 0 Å². The molecule has 1 aliphatic rings. The SMILES string of the molecule is CC1(Cc2ccc(OCC(=O)c3cccc(Cl)c3)cc2)SC(=O)NC1=O. The van der Waals surface area contributed by atoms with Crippen LogP contribution in [-0.4, -0.2) is 28.3 Å². The van der Waals surface area contributed by atoms with Gasteiger partial charge in [0, 0.05) is 10.6 Å². The molecule has 1 unspecified atom stereocenters. The predicted octanol–water partition coefficient (Wildman–Crippen LogP) is 3.89. The van der Waals surface area contributed by atoms with Gasteiger partial charge in [-0.1, -0.05) is 35.9 Å². The van der Waals surface area contributed by atoms with Crippen LogP contribution in [0.4, 0.5) is 4.79 Å². The number of rotatable bonds is 6. The third-order valence-electron chi connectivity index (χ3n) is 4.00. The Morgan fingerprint density at radius 3 is 2.54 bits per heavy atom. The number of amides is 2. The molecular weight excluding hydrogens is 374 g/mol. The maximum Gasteiger partial charge on any atom is 0.286 e. The summed E-state index contributed by atoms with van der Waals surface area (Å²) in [5.41, 5.74) is 1.40. The van der Waals surface area contributed by atoms with Crippen molar-refractivity contribution in [3.63, 3.8) is 0 Å². The average Bonchev–Trinajstić information content (AvgIpc) is 2.85. The molecule has 1 heterocycles. The zero-order valence-corrected chi connectivity index (χ0v) is 15.5. The molecule has 1 saturated heterocycles. The van der Waals surface area contributed by atoms with Gasteiger partial charge in [-0.15, -0.1) is 0 Å². The van der Waals surface area contributed by atoms with Crippen molar-refractivity contribution in [1.29, 1.82) is 0 Å². The van der Waals surface area contributed by atoms with Crippen LogP contribution in [0.5, 0.6) is 5.75 Å². The number of imide groups is 1. The smallest absolute Gasteiger partial charge is 0.286 e. The first-order chi connectivity index (χ1) is 12.4. The molecule has 0 saturated carbocycles. The standard InChI is InChI=1S/C19H16ClNO4S/c1-19(17(23)21-18(24)26-19)10-12-5-7-15(8-6-12)25-11-16(22)13-3-2-4-14(20)9-13/h2-9H,10-11H2,1H3,(H,21,23,24). The van der Waals surface area contributed by atoms with E-state index in [1.54, 1.807) is 43.3 Å². The molecule has 0 aromatic heterocycles. The number of carbonyl (C=O) groups excluding carboxylic acids is 3. The van der Waals surface area contributed by atoms with Crippen LogP contribution in [0.15, 0.2) is 48.5 Å². The van der Waals surface area contributed by atoms with Gasteiger partial charge in [-0.05, 0) is 54.9 Å². The molecule has 26 heavy (non-hydrogen) atoms. The van der Waals surface area contributed by atoms with E-state index in [0.717, 1.165) is 17.3 Å². The zero-order valence-electron chi connectivity index (χ0n) is 14.0. The van der Waals surface area contributed by atoms with Crippen LogP contribution in [0.2, 0.25) is 5.02 Å². The van der Waals surface area contributed by atoms with Crippen molar-refractivity contribution in [3.8, 4) is 5.75 Å². The molecule has 0 radical (unpaired) electrons. The van der Waals surface area contributed by atoms with Gasteiger partial charge in [0.25, 0.3) is 5.24 Å². The highest BCUT2D eigenvalue weighted by Gasteiger charge is 2.43. The number of ketones is 1. The van der Waals surface area contributed by atoms with E-state index in [1.807, 2.05) is 12.1 Å². The summed E-state index contributed by atoms with van der Waals surface area (Å²) < 4.78 is 4.72. The van der Waals surface area contributed by atoms with Gasteiger partial charge < -0.3 is 4.74 Å². The summed E-state index contributed by atoms with van der Waals surface area (Å²) in [6.45, 7) is 1.65. The Labute approximate surface area is 160 Å². The van der Waals surface area contributed by atoms with E-state index in [4.69, 9.17) is 16.3 Å². The van der Waals surface area contributed by atoms with Crippen molar-refractivity contribution in [2.45, 2.75) is 18.1 Å². The Morgan fingerprint density at radius 2 is 1.92 bits per heavy atom. The summed E-state index contributed by atoms with van der Waals surface area (Å²) in [6.07, 6.45) is 0.428. The van der Waals surface area contributed by atoms with Gasteiger partial charge in [0.1, 0.15) is 10.5 Å². The van der Waals surface area contributed by atoms with Crippen molar-refractivity contribution in [2.75, 3.05) is 6.61 Å². The van der Waals surface area contributed by atoms with Gasteiger partial charge in [-0.3, -0.25) is 19.7 Å². The van der Waals surface area contributed by atoms with Gasteiger partial charge >= 0.3 is 0 Å². The summed E-state index contributed by atoms with van der Waals surface area (Å²) in [5, 5.41) is 2.48. The van der Waals surface area contributed by atoms with Gasteiger partial charge in [-0.2, -0.15) is 0 Å². The number of hydrogen-bond donors (Lipinski definition) is 1. The highest BCUT2D eigenvalue weighted by Crippen LogP contribution is 2.34. The van der Waals surface area contributed by atoms with Crippen molar-refractivity contribution in [1.82, 2.24) is 5.32 Å². The van der Waals surface area contributed by atoms with Crippen LogP contribution in [0, 0.1) is 0 Å². The molecule has 1 aliphatic heterocycles. The van der Waals surface area contributed by atoms with Gasteiger partial charge in [0.2, 0.25) is 5.91 Å². The van der Waals surface area contributed by atoms with Crippen molar-refractivity contribution >= 4 is 40.3 Å². The van der Waals surface area contributed by atoms with Crippen molar-refractivity contribution in [2.24, 2.45) is 0 Å². The van der Waals surface area contributed by atoms with E-state index in [1.165, 1.54) is 0 Å². The maximum atomic E-state index is 12.1. The monoisotopic (exact) mass is 389 g/mol. The predicted molar refractivity (Wildman–Crippen MR) is 101 cm³/mol. The minimum atomic E-state index is -0.804. The molecule has 2 amide bonds. The molecule has 1 N–H and O–H groups in total. The Balaban J connectivity index is 1.59. The lowest BCUT2D eigenvalue weighted by Gasteiger charge is -2.18. The maximum absolute atomic E-state index is 12.1. The van der Waals surface area contributed by atoms with E-state index in [0.29, 0.717) is 22.8 Å². The van der Waals surface area contributed by atoms with Crippen LogP contribution >= 0.6 is 23.4 Å². The lowest BCUT2D eigenvalue weighted by atomic mass is 9.99. The van der Waals surface area contributed by atoms with E-state index < -0.39 is 4.75 Å². The summed E-state index contributed by atoms with van der Waals surface area (Å²) >= 11 is 6.88. The number of hydrogen-bond acceptors (Lipinski definition) is 5. The molecule has 2 aromatic rings. The Kier molecular flexibility index (Phi) is 5.34. The normalized spacial score (nSPS) is 19.3. The molecule has 1 atom stereocenters. The Morgan fingerprint density at radius 1 is 1.19 bits per heavy atom. The first-order valence-electron chi connectivity index (χ1n) is 7.91. The molecular formula is C19H16ClNO4S. The first kappa shape index (κ1) is 18.5. The fourth-order valence-electron chi connectivity index (χ4n) is 2.60. The van der Waals surface area contributed by atoms with Crippen LogP contribution in [0.25, 0.3) is 0 Å². The second-order valence-corrected chi connectivity index (χ2v) is 8.03. The van der Waals surface area contributed by atoms with Crippen LogP contribution in [-0.2, 0) is 11.2 Å². The second kappa shape index (κ2) is 7.51.